The number of ether oxygens (including phenoxy) is 2. The average Bonchev–Trinajstić information content (AvgIpc) is 1.76. The number of hydrogen-bond acceptors (Lipinski definition) is 2. The molecular weight excluding hydrogens is 176 g/mol. The maximum absolute atomic E-state index is 5.84. The summed E-state index contributed by atoms with van der Waals surface area (Å²) in [5.41, 5.74) is 0. The van der Waals surface area contributed by atoms with Crippen molar-refractivity contribution in [1.29, 1.82) is 0 Å². The molecule has 0 fully saturated rings. The highest BCUT2D eigenvalue weighted by Gasteiger charge is 2.29. The van der Waals surface area contributed by atoms with Gasteiger partial charge in [0.2, 0.25) is 0 Å². The van der Waals surface area contributed by atoms with Gasteiger partial charge in [-0.3, -0.25) is 0 Å². The molecule has 0 radical (unpaired) electrons. The van der Waals surface area contributed by atoms with Crippen molar-refractivity contribution >= 4 is 0 Å². The lowest BCUT2D eigenvalue weighted by molar-refractivity contribution is -0.264. The molecule has 2 nitrogen and oxygen atoms in total. The van der Waals surface area contributed by atoms with Crippen LogP contribution in [0.15, 0.2) is 0 Å². The Morgan fingerprint density at radius 1 is 0.857 bits per heavy atom. The van der Waals surface area contributed by atoms with Crippen LogP contribution in [0, 0.1) is 5.92 Å². The molecule has 0 atom stereocenters. The lowest BCUT2D eigenvalue weighted by Crippen LogP contribution is -2.38. The third kappa shape index (κ3) is 6.39. The van der Waals surface area contributed by atoms with Gasteiger partial charge in [-0.2, -0.15) is 0 Å². The molecule has 0 aromatic carbocycles. The van der Waals surface area contributed by atoms with Gasteiger partial charge >= 0.3 is 0 Å². The Morgan fingerprint density at radius 3 is 1.43 bits per heavy atom. The molecule has 0 aromatic rings. The monoisotopic (exact) mass is 202 g/mol. The van der Waals surface area contributed by atoms with Gasteiger partial charge in [-0.05, 0) is 40.5 Å². The normalized spacial score (nSPS) is 13.3. The van der Waals surface area contributed by atoms with E-state index in [2.05, 4.69) is 13.8 Å². The van der Waals surface area contributed by atoms with Crippen LogP contribution in [-0.2, 0) is 9.47 Å². The van der Waals surface area contributed by atoms with Crippen LogP contribution < -0.4 is 0 Å². The van der Waals surface area contributed by atoms with Gasteiger partial charge in [-0.25, -0.2) is 0 Å². The van der Waals surface area contributed by atoms with Crippen molar-refractivity contribution < 1.29 is 9.47 Å². The summed E-state index contributed by atoms with van der Waals surface area (Å²) in [5.74, 6) is 0.147. The Morgan fingerprint density at radius 2 is 1.21 bits per heavy atom. The van der Waals surface area contributed by atoms with Crippen molar-refractivity contribution in [3.63, 3.8) is 0 Å². The van der Waals surface area contributed by atoms with Gasteiger partial charge in [0.05, 0.1) is 12.2 Å². The first kappa shape index (κ1) is 13.9. The second kappa shape index (κ2) is 5.72. The summed E-state index contributed by atoms with van der Waals surface area (Å²) in [6.07, 6.45) is 1.35. The molecule has 0 N–H and O–H groups in total. The van der Waals surface area contributed by atoms with E-state index in [1.165, 1.54) is 0 Å². The second-order valence-corrected chi connectivity index (χ2v) is 5.06. The van der Waals surface area contributed by atoms with E-state index >= 15 is 0 Å². The Hall–Kier alpha value is -0.0800. The van der Waals surface area contributed by atoms with Crippen LogP contribution in [0.25, 0.3) is 0 Å². The second-order valence-electron chi connectivity index (χ2n) is 5.06. The van der Waals surface area contributed by atoms with Crippen LogP contribution in [0.5, 0.6) is 0 Å². The Labute approximate surface area is 89.0 Å². The highest BCUT2D eigenvalue weighted by Crippen LogP contribution is 2.25. The zero-order valence-corrected chi connectivity index (χ0v) is 10.8. The molecule has 0 aliphatic heterocycles. The highest BCUT2D eigenvalue weighted by molar-refractivity contribution is 4.68. The van der Waals surface area contributed by atoms with E-state index in [0.717, 1.165) is 6.42 Å². The lowest BCUT2D eigenvalue weighted by Gasteiger charge is -2.35. The van der Waals surface area contributed by atoms with Crippen molar-refractivity contribution in [1.82, 2.24) is 0 Å². The van der Waals surface area contributed by atoms with E-state index in [1.807, 2.05) is 34.6 Å². The topological polar surface area (TPSA) is 18.5 Å². The van der Waals surface area contributed by atoms with Crippen LogP contribution >= 0.6 is 0 Å². The molecule has 0 aromatic heterocycles. The van der Waals surface area contributed by atoms with Crippen LogP contribution in [0.4, 0.5) is 0 Å². The van der Waals surface area contributed by atoms with Gasteiger partial charge in [0.15, 0.2) is 5.79 Å². The van der Waals surface area contributed by atoms with Crippen molar-refractivity contribution in [2.24, 2.45) is 5.92 Å². The molecule has 0 unspecified atom stereocenters. The largest absolute Gasteiger partial charge is 0.348 e. The van der Waals surface area contributed by atoms with Crippen LogP contribution in [-0.4, -0.2) is 18.0 Å². The van der Waals surface area contributed by atoms with Crippen LogP contribution in [0.1, 0.15) is 54.9 Å². The average molecular weight is 202 g/mol. The van der Waals surface area contributed by atoms with Crippen molar-refractivity contribution in [2.75, 3.05) is 0 Å². The molecule has 0 rings (SSSR count). The predicted octanol–water partition coefficient (Wildman–Crippen LogP) is 3.60. The summed E-state index contributed by atoms with van der Waals surface area (Å²) in [6, 6.07) is 0. The quantitative estimate of drug-likeness (QED) is 0.613. The molecule has 0 spiro atoms. The van der Waals surface area contributed by atoms with Crippen LogP contribution in [0.3, 0.4) is 0 Å². The molecule has 0 saturated heterocycles. The van der Waals surface area contributed by atoms with Crippen molar-refractivity contribution in [2.45, 2.75) is 72.9 Å². The first-order valence-corrected chi connectivity index (χ1v) is 5.61. The summed E-state index contributed by atoms with van der Waals surface area (Å²) >= 11 is 0. The molecular formula is C12H26O2. The number of rotatable bonds is 6. The van der Waals surface area contributed by atoms with Gasteiger partial charge < -0.3 is 9.47 Å². The van der Waals surface area contributed by atoms with E-state index in [0.29, 0.717) is 5.92 Å². The summed E-state index contributed by atoms with van der Waals surface area (Å²) in [5, 5.41) is 0. The van der Waals surface area contributed by atoms with Gasteiger partial charge in [0.25, 0.3) is 0 Å². The molecule has 0 heterocycles. The van der Waals surface area contributed by atoms with E-state index in [1.54, 1.807) is 0 Å². The fourth-order valence-electron chi connectivity index (χ4n) is 1.86. The SMILES string of the molecule is CC(C)CC(C)(OC(C)C)OC(C)C. The van der Waals surface area contributed by atoms with Gasteiger partial charge in [-0.15, -0.1) is 0 Å². The van der Waals surface area contributed by atoms with Crippen molar-refractivity contribution in [3.05, 3.63) is 0 Å². The maximum Gasteiger partial charge on any atom is 0.166 e. The smallest absolute Gasteiger partial charge is 0.166 e. The molecule has 0 saturated carbocycles. The standard InChI is InChI=1S/C12H26O2/c1-9(2)8-12(7,13-10(3)4)14-11(5)6/h9-11H,8H2,1-7H3. The van der Waals surface area contributed by atoms with E-state index in [4.69, 9.17) is 9.47 Å². The zero-order chi connectivity index (χ0) is 11.4. The predicted molar refractivity (Wildman–Crippen MR) is 60.3 cm³/mol. The minimum absolute atomic E-state index is 0.206. The third-order valence-electron chi connectivity index (χ3n) is 1.75. The Bertz CT molecular complexity index is 124. The molecule has 0 bridgehead atoms. The number of hydrogen-bond donors (Lipinski definition) is 0. The Balaban J connectivity index is 4.32. The molecule has 14 heavy (non-hydrogen) atoms. The van der Waals surface area contributed by atoms with E-state index in [-0.39, 0.29) is 12.2 Å². The zero-order valence-electron chi connectivity index (χ0n) is 10.8. The van der Waals surface area contributed by atoms with Gasteiger partial charge in [0, 0.05) is 6.42 Å². The molecule has 0 aliphatic rings. The molecule has 86 valence electrons. The molecule has 0 aliphatic carbocycles. The highest BCUT2D eigenvalue weighted by atomic mass is 16.7. The van der Waals surface area contributed by atoms with Gasteiger partial charge in [0.1, 0.15) is 0 Å². The fraction of sp³-hybridized carbons (Fsp3) is 1.00. The van der Waals surface area contributed by atoms with Gasteiger partial charge in [-0.1, -0.05) is 13.8 Å². The minimum atomic E-state index is -0.434. The summed E-state index contributed by atoms with van der Waals surface area (Å²) in [6.45, 7) is 14.6. The maximum atomic E-state index is 5.84. The third-order valence-corrected chi connectivity index (χ3v) is 1.75. The fourth-order valence-corrected chi connectivity index (χ4v) is 1.86. The minimum Gasteiger partial charge on any atom is -0.348 e. The summed E-state index contributed by atoms with van der Waals surface area (Å²) in [4.78, 5) is 0. The first-order chi connectivity index (χ1) is 6.25. The summed E-state index contributed by atoms with van der Waals surface area (Å²) < 4.78 is 11.7. The van der Waals surface area contributed by atoms with Crippen LogP contribution in [0.2, 0.25) is 0 Å². The first-order valence-electron chi connectivity index (χ1n) is 5.61. The Kier molecular flexibility index (Phi) is 5.68. The van der Waals surface area contributed by atoms with E-state index < -0.39 is 5.79 Å². The molecule has 2 heteroatoms. The van der Waals surface area contributed by atoms with E-state index in [9.17, 15) is 0 Å². The lowest BCUT2D eigenvalue weighted by atomic mass is 10.0. The summed E-state index contributed by atoms with van der Waals surface area (Å²) in [7, 11) is 0. The molecule has 0 amide bonds. The van der Waals surface area contributed by atoms with Crippen molar-refractivity contribution in [3.8, 4) is 0 Å².